The molecule has 100 valence electrons. The quantitative estimate of drug-likeness (QED) is 0.916. The summed E-state index contributed by atoms with van der Waals surface area (Å²) in [5.74, 6) is 0.593. The Labute approximate surface area is 114 Å². The van der Waals surface area contributed by atoms with Gasteiger partial charge >= 0.3 is 0 Å². The maximum atomic E-state index is 5.83. The van der Waals surface area contributed by atoms with E-state index in [1.165, 1.54) is 29.8 Å². The van der Waals surface area contributed by atoms with Gasteiger partial charge in [0.1, 0.15) is 0 Å². The van der Waals surface area contributed by atoms with Gasteiger partial charge in [0.05, 0.1) is 5.69 Å². The zero-order valence-electron chi connectivity index (χ0n) is 11.6. The van der Waals surface area contributed by atoms with Crippen LogP contribution in [-0.2, 0) is 0 Å². The van der Waals surface area contributed by atoms with E-state index in [1.54, 1.807) is 0 Å². The predicted molar refractivity (Wildman–Crippen MR) is 77.4 cm³/mol. The Kier molecular flexibility index (Phi) is 2.94. The topological polar surface area (TPSA) is 43.8 Å². The lowest BCUT2D eigenvalue weighted by molar-refractivity contribution is 0.132. The number of hydrogen-bond donors (Lipinski definition) is 1. The standard InChI is InChI=1S/C16H21N3/c1-12-5-3-4-6-14(12)19-15(7-8-18-19)13-9-16(2,10-13)11-17/h3-8,13H,9-11,17H2,1-2H3. The molecule has 1 fully saturated rings. The normalized spacial score (nSPS) is 26.2. The number of aromatic nitrogens is 2. The van der Waals surface area contributed by atoms with Gasteiger partial charge in [-0.15, -0.1) is 0 Å². The molecule has 0 radical (unpaired) electrons. The fourth-order valence-electron chi connectivity index (χ4n) is 3.13. The van der Waals surface area contributed by atoms with Crippen LogP contribution in [0.4, 0.5) is 0 Å². The molecule has 19 heavy (non-hydrogen) atoms. The van der Waals surface area contributed by atoms with Gasteiger partial charge in [0.25, 0.3) is 0 Å². The lowest BCUT2D eigenvalue weighted by Gasteiger charge is -2.44. The van der Waals surface area contributed by atoms with Crippen LogP contribution >= 0.6 is 0 Å². The van der Waals surface area contributed by atoms with Gasteiger partial charge in [0.2, 0.25) is 0 Å². The minimum atomic E-state index is 0.325. The number of benzene rings is 1. The highest BCUT2D eigenvalue weighted by molar-refractivity contribution is 5.41. The fourth-order valence-corrected chi connectivity index (χ4v) is 3.13. The summed E-state index contributed by atoms with van der Waals surface area (Å²) in [4.78, 5) is 0. The first-order valence-electron chi connectivity index (χ1n) is 6.93. The Morgan fingerprint density at radius 2 is 2.05 bits per heavy atom. The van der Waals surface area contributed by atoms with Crippen LogP contribution in [0.3, 0.4) is 0 Å². The van der Waals surface area contributed by atoms with Gasteiger partial charge in [-0.2, -0.15) is 5.10 Å². The van der Waals surface area contributed by atoms with Crippen molar-refractivity contribution in [3.8, 4) is 5.69 Å². The fraction of sp³-hybridized carbons (Fsp3) is 0.438. The van der Waals surface area contributed by atoms with Crippen molar-refractivity contribution in [3.05, 3.63) is 47.8 Å². The third-order valence-electron chi connectivity index (χ3n) is 4.41. The summed E-state index contributed by atoms with van der Waals surface area (Å²) < 4.78 is 2.09. The minimum absolute atomic E-state index is 0.325. The second-order valence-electron chi connectivity index (χ2n) is 6.07. The van der Waals surface area contributed by atoms with E-state index in [-0.39, 0.29) is 0 Å². The van der Waals surface area contributed by atoms with Crippen molar-refractivity contribution in [3.63, 3.8) is 0 Å². The van der Waals surface area contributed by atoms with Crippen molar-refractivity contribution in [2.45, 2.75) is 32.6 Å². The van der Waals surface area contributed by atoms with E-state index in [0.29, 0.717) is 11.3 Å². The first-order chi connectivity index (χ1) is 9.13. The monoisotopic (exact) mass is 255 g/mol. The summed E-state index contributed by atoms with van der Waals surface area (Å²) in [7, 11) is 0. The Bertz CT molecular complexity index is 579. The molecule has 1 aromatic carbocycles. The van der Waals surface area contributed by atoms with Gasteiger partial charge in [0, 0.05) is 17.8 Å². The van der Waals surface area contributed by atoms with Crippen molar-refractivity contribution in [1.82, 2.24) is 9.78 Å². The molecule has 1 aliphatic rings. The largest absolute Gasteiger partial charge is 0.330 e. The molecule has 0 aliphatic heterocycles. The molecule has 3 rings (SSSR count). The Morgan fingerprint density at radius 3 is 2.74 bits per heavy atom. The molecule has 0 unspecified atom stereocenters. The van der Waals surface area contributed by atoms with Gasteiger partial charge in [-0.05, 0) is 49.4 Å². The Morgan fingerprint density at radius 1 is 1.32 bits per heavy atom. The van der Waals surface area contributed by atoms with Crippen LogP contribution in [0.15, 0.2) is 36.5 Å². The number of nitrogens with two attached hydrogens (primary N) is 1. The zero-order chi connectivity index (χ0) is 13.5. The second-order valence-corrected chi connectivity index (χ2v) is 6.07. The van der Waals surface area contributed by atoms with Crippen molar-refractivity contribution in [1.29, 1.82) is 0 Å². The van der Waals surface area contributed by atoms with Gasteiger partial charge in [-0.25, -0.2) is 4.68 Å². The van der Waals surface area contributed by atoms with Crippen LogP contribution in [-0.4, -0.2) is 16.3 Å². The van der Waals surface area contributed by atoms with Crippen LogP contribution in [0.1, 0.15) is 36.9 Å². The Balaban J connectivity index is 1.91. The van der Waals surface area contributed by atoms with Crippen LogP contribution in [0.2, 0.25) is 0 Å². The van der Waals surface area contributed by atoms with Crippen LogP contribution in [0, 0.1) is 12.3 Å². The summed E-state index contributed by atoms with van der Waals surface area (Å²) in [6, 6.07) is 10.5. The number of para-hydroxylation sites is 1. The van der Waals surface area contributed by atoms with E-state index >= 15 is 0 Å². The predicted octanol–water partition coefficient (Wildman–Crippen LogP) is 3.02. The molecule has 1 aliphatic carbocycles. The lowest BCUT2D eigenvalue weighted by atomic mass is 9.62. The highest BCUT2D eigenvalue weighted by atomic mass is 15.3. The molecule has 0 bridgehead atoms. The first-order valence-corrected chi connectivity index (χ1v) is 6.93. The maximum Gasteiger partial charge on any atom is 0.0678 e. The second kappa shape index (κ2) is 4.49. The minimum Gasteiger partial charge on any atom is -0.330 e. The third-order valence-corrected chi connectivity index (χ3v) is 4.41. The molecule has 0 amide bonds. The molecule has 2 aromatic rings. The van der Waals surface area contributed by atoms with Crippen molar-refractivity contribution in [2.24, 2.45) is 11.1 Å². The van der Waals surface area contributed by atoms with Crippen molar-refractivity contribution >= 4 is 0 Å². The zero-order valence-corrected chi connectivity index (χ0v) is 11.6. The average Bonchev–Trinajstić information content (AvgIpc) is 2.84. The van der Waals surface area contributed by atoms with Gasteiger partial charge < -0.3 is 5.73 Å². The molecule has 2 N–H and O–H groups in total. The highest BCUT2D eigenvalue weighted by Crippen LogP contribution is 2.50. The first kappa shape index (κ1) is 12.4. The van der Waals surface area contributed by atoms with Crippen molar-refractivity contribution < 1.29 is 0 Å². The molecule has 3 heteroatoms. The highest BCUT2D eigenvalue weighted by Gasteiger charge is 2.41. The number of hydrogen-bond acceptors (Lipinski definition) is 2. The smallest absolute Gasteiger partial charge is 0.0678 e. The molecule has 0 spiro atoms. The summed E-state index contributed by atoms with van der Waals surface area (Å²) >= 11 is 0. The summed E-state index contributed by atoms with van der Waals surface area (Å²) in [6.07, 6.45) is 4.24. The molecule has 0 saturated heterocycles. The van der Waals surface area contributed by atoms with Crippen LogP contribution < -0.4 is 5.73 Å². The molecule has 3 nitrogen and oxygen atoms in total. The lowest BCUT2D eigenvalue weighted by Crippen LogP contribution is -2.40. The van der Waals surface area contributed by atoms with Gasteiger partial charge in [0.15, 0.2) is 0 Å². The van der Waals surface area contributed by atoms with Gasteiger partial charge in [-0.3, -0.25) is 0 Å². The van der Waals surface area contributed by atoms with E-state index < -0.39 is 0 Å². The molecule has 1 aromatic heterocycles. The summed E-state index contributed by atoms with van der Waals surface area (Å²) in [5, 5.41) is 4.51. The van der Waals surface area contributed by atoms with E-state index in [4.69, 9.17) is 5.73 Å². The number of nitrogens with zero attached hydrogens (tertiary/aromatic N) is 2. The molecular weight excluding hydrogens is 234 g/mol. The molecule has 1 heterocycles. The van der Waals surface area contributed by atoms with Crippen LogP contribution in [0.25, 0.3) is 5.69 Å². The van der Waals surface area contributed by atoms with E-state index in [2.05, 4.69) is 54.0 Å². The summed E-state index contributed by atoms with van der Waals surface area (Å²) in [6.45, 7) is 5.19. The van der Waals surface area contributed by atoms with Crippen molar-refractivity contribution in [2.75, 3.05) is 6.54 Å². The number of aryl methyl sites for hydroxylation is 1. The molecule has 0 atom stereocenters. The van der Waals surface area contributed by atoms with Crippen LogP contribution in [0.5, 0.6) is 0 Å². The Hall–Kier alpha value is -1.61. The van der Waals surface area contributed by atoms with E-state index in [0.717, 1.165) is 6.54 Å². The van der Waals surface area contributed by atoms with E-state index in [9.17, 15) is 0 Å². The molecular formula is C16H21N3. The SMILES string of the molecule is Cc1ccccc1-n1nccc1C1CC(C)(CN)C1. The van der Waals surface area contributed by atoms with E-state index in [1.807, 2.05) is 6.20 Å². The van der Waals surface area contributed by atoms with Gasteiger partial charge in [-0.1, -0.05) is 25.1 Å². The average molecular weight is 255 g/mol. The summed E-state index contributed by atoms with van der Waals surface area (Å²) in [5.41, 5.74) is 9.92. The molecule has 1 saturated carbocycles. The third kappa shape index (κ3) is 2.08. The maximum absolute atomic E-state index is 5.83. The number of rotatable bonds is 3.